The average molecular weight is 257 g/mol. The van der Waals surface area contributed by atoms with Crippen molar-refractivity contribution in [3.05, 3.63) is 60.2 Å². The SMILES string of the molecule is C=C1c2ccccc2Nc2cc([SH](=O)=O)ccc21. The summed E-state index contributed by atoms with van der Waals surface area (Å²) >= 11 is 0. The van der Waals surface area contributed by atoms with E-state index in [0.717, 1.165) is 28.1 Å². The van der Waals surface area contributed by atoms with Crippen molar-refractivity contribution in [3.8, 4) is 0 Å². The molecule has 1 aliphatic rings. The zero-order chi connectivity index (χ0) is 12.7. The first kappa shape index (κ1) is 11.0. The van der Waals surface area contributed by atoms with Crippen LogP contribution >= 0.6 is 0 Å². The van der Waals surface area contributed by atoms with Gasteiger partial charge in [-0.2, -0.15) is 0 Å². The van der Waals surface area contributed by atoms with Crippen molar-refractivity contribution in [1.29, 1.82) is 0 Å². The molecule has 0 saturated heterocycles. The fourth-order valence-corrected chi connectivity index (χ4v) is 2.59. The van der Waals surface area contributed by atoms with Crippen molar-refractivity contribution < 1.29 is 8.42 Å². The normalized spacial score (nSPS) is 12.8. The van der Waals surface area contributed by atoms with Crippen LogP contribution in [0.15, 0.2) is 53.9 Å². The molecule has 0 spiro atoms. The van der Waals surface area contributed by atoms with Crippen LogP contribution in [-0.4, -0.2) is 8.42 Å². The smallest absolute Gasteiger partial charge is 0.168 e. The van der Waals surface area contributed by atoms with Crippen LogP contribution in [-0.2, 0) is 10.7 Å². The highest BCUT2D eigenvalue weighted by atomic mass is 32.2. The molecule has 4 heteroatoms. The summed E-state index contributed by atoms with van der Waals surface area (Å²) in [6, 6.07) is 12.9. The van der Waals surface area contributed by atoms with E-state index in [9.17, 15) is 8.42 Å². The maximum Gasteiger partial charge on any atom is 0.168 e. The number of hydrogen-bond acceptors (Lipinski definition) is 3. The molecular formula is C14H11NO2S. The Kier molecular flexibility index (Phi) is 2.45. The Labute approximate surface area is 107 Å². The Morgan fingerprint density at radius 1 is 0.944 bits per heavy atom. The number of para-hydroxylation sites is 1. The van der Waals surface area contributed by atoms with E-state index in [1.165, 1.54) is 0 Å². The molecule has 0 unspecified atom stereocenters. The lowest BCUT2D eigenvalue weighted by Crippen LogP contribution is -2.05. The van der Waals surface area contributed by atoms with Gasteiger partial charge < -0.3 is 5.32 Å². The van der Waals surface area contributed by atoms with Crippen LogP contribution in [0.2, 0.25) is 0 Å². The second kappa shape index (κ2) is 3.99. The van der Waals surface area contributed by atoms with Gasteiger partial charge in [0.2, 0.25) is 0 Å². The van der Waals surface area contributed by atoms with Gasteiger partial charge in [-0.15, -0.1) is 0 Å². The Hall–Kier alpha value is -2.07. The van der Waals surface area contributed by atoms with E-state index in [1.807, 2.05) is 24.3 Å². The molecule has 0 atom stereocenters. The van der Waals surface area contributed by atoms with Crippen molar-refractivity contribution in [2.45, 2.75) is 4.90 Å². The van der Waals surface area contributed by atoms with Gasteiger partial charge >= 0.3 is 0 Å². The van der Waals surface area contributed by atoms with E-state index in [0.29, 0.717) is 4.90 Å². The highest BCUT2D eigenvalue weighted by Crippen LogP contribution is 2.39. The minimum Gasteiger partial charge on any atom is -0.354 e. The maximum absolute atomic E-state index is 11.0. The summed E-state index contributed by atoms with van der Waals surface area (Å²) in [5, 5.41) is 3.24. The second-order valence-electron chi connectivity index (χ2n) is 4.14. The van der Waals surface area contributed by atoms with Crippen LogP contribution in [0.1, 0.15) is 11.1 Å². The van der Waals surface area contributed by atoms with Gasteiger partial charge in [0.1, 0.15) is 0 Å². The number of thiol groups is 1. The topological polar surface area (TPSA) is 46.2 Å². The van der Waals surface area contributed by atoms with E-state index in [4.69, 9.17) is 0 Å². The molecule has 0 bridgehead atoms. The van der Waals surface area contributed by atoms with Gasteiger partial charge in [0.05, 0.1) is 4.90 Å². The Morgan fingerprint density at radius 2 is 1.67 bits per heavy atom. The zero-order valence-electron chi connectivity index (χ0n) is 9.51. The number of benzene rings is 2. The predicted octanol–water partition coefficient (Wildman–Crippen LogP) is 2.78. The lowest BCUT2D eigenvalue weighted by Gasteiger charge is -2.23. The quantitative estimate of drug-likeness (QED) is 0.659. The fraction of sp³-hybridized carbons (Fsp3) is 0. The number of nitrogens with one attached hydrogen (secondary N) is 1. The largest absolute Gasteiger partial charge is 0.354 e. The van der Waals surface area contributed by atoms with Crippen molar-refractivity contribution in [1.82, 2.24) is 0 Å². The first-order valence-corrected chi connectivity index (χ1v) is 6.69. The fourth-order valence-electron chi connectivity index (χ4n) is 2.16. The average Bonchev–Trinajstić information content (AvgIpc) is 2.38. The van der Waals surface area contributed by atoms with E-state index in [1.54, 1.807) is 18.2 Å². The van der Waals surface area contributed by atoms with Crippen LogP contribution in [0, 0.1) is 0 Å². The first-order valence-electron chi connectivity index (χ1n) is 5.51. The van der Waals surface area contributed by atoms with Crippen molar-refractivity contribution >= 4 is 27.7 Å². The highest BCUT2D eigenvalue weighted by Gasteiger charge is 2.18. The highest BCUT2D eigenvalue weighted by molar-refractivity contribution is 7.72. The summed E-state index contributed by atoms with van der Waals surface area (Å²) in [7, 11) is -2.56. The van der Waals surface area contributed by atoms with Gasteiger partial charge in [-0.05, 0) is 23.8 Å². The van der Waals surface area contributed by atoms with Crippen LogP contribution < -0.4 is 5.32 Å². The molecule has 1 heterocycles. The van der Waals surface area contributed by atoms with E-state index >= 15 is 0 Å². The van der Waals surface area contributed by atoms with Crippen LogP contribution in [0.25, 0.3) is 5.57 Å². The van der Waals surface area contributed by atoms with Crippen molar-refractivity contribution in [2.24, 2.45) is 0 Å². The van der Waals surface area contributed by atoms with Crippen molar-refractivity contribution in [2.75, 3.05) is 5.32 Å². The molecular weight excluding hydrogens is 246 g/mol. The molecule has 0 aliphatic carbocycles. The first-order chi connectivity index (χ1) is 8.66. The molecule has 0 radical (unpaired) electrons. The summed E-state index contributed by atoms with van der Waals surface area (Å²) < 4.78 is 22.0. The van der Waals surface area contributed by atoms with Gasteiger partial charge in [0, 0.05) is 22.5 Å². The summed E-state index contributed by atoms with van der Waals surface area (Å²) in [6.45, 7) is 4.08. The van der Waals surface area contributed by atoms with E-state index in [2.05, 4.69) is 11.9 Å². The molecule has 3 rings (SSSR count). The molecule has 18 heavy (non-hydrogen) atoms. The van der Waals surface area contributed by atoms with Gasteiger partial charge in [0.15, 0.2) is 10.7 Å². The van der Waals surface area contributed by atoms with Gasteiger partial charge in [-0.3, -0.25) is 0 Å². The van der Waals surface area contributed by atoms with Crippen LogP contribution in [0.4, 0.5) is 11.4 Å². The van der Waals surface area contributed by atoms with Gasteiger partial charge in [-0.1, -0.05) is 30.8 Å². The van der Waals surface area contributed by atoms with Crippen LogP contribution in [0.5, 0.6) is 0 Å². The van der Waals surface area contributed by atoms with E-state index < -0.39 is 10.7 Å². The van der Waals surface area contributed by atoms with Crippen LogP contribution in [0.3, 0.4) is 0 Å². The minimum atomic E-state index is -2.56. The monoisotopic (exact) mass is 257 g/mol. The minimum absolute atomic E-state index is 0.309. The number of fused-ring (bicyclic) bond motifs is 2. The third-order valence-electron chi connectivity index (χ3n) is 3.06. The molecule has 0 fully saturated rings. The van der Waals surface area contributed by atoms with Crippen molar-refractivity contribution in [3.63, 3.8) is 0 Å². The summed E-state index contributed by atoms with van der Waals surface area (Å²) in [5.41, 5.74) is 4.63. The number of rotatable bonds is 1. The predicted molar refractivity (Wildman–Crippen MR) is 72.9 cm³/mol. The van der Waals surface area contributed by atoms with E-state index in [-0.39, 0.29) is 0 Å². The molecule has 1 N–H and O–H groups in total. The molecule has 0 saturated carbocycles. The second-order valence-corrected chi connectivity index (χ2v) is 5.17. The number of anilines is 2. The van der Waals surface area contributed by atoms with Gasteiger partial charge in [-0.25, -0.2) is 8.42 Å². The Morgan fingerprint density at radius 3 is 2.44 bits per heavy atom. The Balaban J connectivity index is 2.19. The summed E-state index contributed by atoms with van der Waals surface area (Å²) in [4.78, 5) is 0.309. The Bertz CT molecular complexity index is 724. The lowest BCUT2D eigenvalue weighted by atomic mass is 9.93. The molecule has 2 aromatic carbocycles. The standard InChI is InChI=1S/C14H11NO2S/c1-9-11-4-2-3-5-13(11)15-14-8-10(18(16)17)6-7-12(9)14/h2-8,15,18H,1H2. The molecule has 3 nitrogen and oxygen atoms in total. The third kappa shape index (κ3) is 1.62. The lowest BCUT2D eigenvalue weighted by molar-refractivity contribution is 0.614. The number of hydrogen-bond donors (Lipinski definition) is 2. The van der Waals surface area contributed by atoms with Gasteiger partial charge in [0.25, 0.3) is 0 Å². The molecule has 90 valence electrons. The molecule has 1 aliphatic heterocycles. The maximum atomic E-state index is 11.0. The molecule has 0 amide bonds. The molecule has 0 aromatic heterocycles. The molecule has 2 aromatic rings. The third-order valence-corrected chi connectivity index (χ3v) is 3.76. The summed E-state index contributed by atoms with van der Waals surface area (Å²) in [5.74, 6) is 0. The summed E-state index contributed by atoms with van der Waals surface area (Å²) in [6.07, 6.45) is 0. The zero-order valence-corrected chi connectivity index (χ0v) is 10.4.